The second-order valence-corrected chi connectivity index (χ2v) is 8.21. The third-order valence-corrected chi connectivity index (χ3v) is 6.24. The summed E-state index contributed by atoms with van der Waals surface area (Å²) in [6, 6.07) is 5.97. The van der Waals surface area contributed by atoms with Crippen LogP contribution in [0, 0.1) is 12.8 Å². The van der Waals surface area contributed by atoms with E-state index >= 15 is 0 Å². The van der Waals surface area contributed by atoms with Crippen LogP contribution in [0.25, 0.3) is 0 Å². The molecule has 0 saturated carbocycles. The highest BCUT2D eigenvalue weighted by atomic mass is 16.2. The third-order valence-electron chi connectivity index (χ3n) is 6.24. The number of piperidine rings is 1. The van der Waals surface area contributed by atoms with Crippen LogP contribution in [-0.4, -0.2) is 69.2 Å². The van der Waals surface area contributed by atoms with Gasteiger partial charge in [0.1, 0.15) is 0 Å². The summed E-state index contributed by atoms with van der Waals surface area (Å²) in [6.45, 7) is 10.4. The van der Waals surface area contributed by atoms with Gasteiger partial charge in [0.25, 0.3) is 0 Å². The van der Waals surface area contributed by atoms with Crippen LogP contribution in [0.15, 0.2) is 18.2 Å². The number of aryl methyl sites for hydroxylation is 1. The maximum Gasteiger partial charge on any atom is 0.328 e. The lowest BCUT2D eigenvalue weighted by Crippen LogP contribution is -2.50. The Kier molecular flexibility index (Phi) is 5.82. The van der Waals surface area contributed by atoms with Crippen LogP contribution >= 0.6 is 0 Å². The van der Waals surface area contributed by atoms with Gasteiger partial charge in [-0.2, -0.15) is 0 Å². The van der Waals surface area contributed by atoms with Crippen LogP contribution in [0.5, 0.6) is 0 Å². The molecule has 0 aliphatic carbocycles. The van der Waals surface area contributed by atoms with Gasteiger partial charge >= 0.3 is 6.03 Å². The molecule has 28 heavy (non-hydrogen) atoms. The van der Waals surface area contributed by atoms with Crippen molar-refractivity contribution < 1.29 is 9.59 Å². The van der Waals surface area contributed by atoms with E-state index in [2.05, 4.69) is 32.6 Å². The lowest BCUT2D eigenvalue weighted by atomic mass is 9.97. The van der Waals surface area contributed by atoms with Gasteiger partial charge in [0.15, 0.2) is 0 Å². The fourth-order valence-electron chi connectivity index (χ4n) is 4.55. The highest BCUT2D eigenvalue weighted by Gasteiger charge is 2.26. The topological polar surface area (TPSA) is 67.9 Å². The van der Waals surface area contributed by atoms with E-state index in [0.717, 1.165) is 43.3 Å². The second-order valence-electron chi connectivity index (χ2n) is 8.21. The molecule has 1 aromatic carbocycles. The number of carbonyl (C=O) groups is 2. The molecule has 0 radical (unpaired) electrons. The molecular formula is C21H31N5O2. The first-order valence-electron chi connectivity index (χ1n) is 10.5. The van der Waals surface area contributed by atoms with Crippen molar-refractivity contribution in [2.24, 2.45) is 5.92 Å². The Morgan fingerprint density at radius 3 is 2.46 bits per heavy atom. The Morgan fingerprint density at radius 1 is 1.04 bits per heavy atom. The molecule has 0 unspecified atom stereocenters. The van der Waals surface area contributed by atoms with E-state index in [0.29, 0.717) is 13.0 Å². The molecule has 3 fully saturated rings. The number of nitrogens with zero attached hydrogens (tertiary/aromatic N) is 3. The summed E-state index contributed by atoms with van der Waals surface area (Å²) in [7, 11) is 0. The zero-order chi connectivity index (χ0) is 19.5. The zero-order valence-corrected chi connectivity index (χ0v) is 16.7. The van der Waals surface area contributed by atoms with Crippen LogP contribution < -0.4 is 20.4 Å². The number of benzene rings is 1. The quantitative estimate of drug-likeness (QED) is 0.823. The van der Waals surface area contributed by atoms with Gasteiger partial charge < -0.3 is 10.2 Å². The highest BCUT2D eigenvalue weighted by molar-refractivity contribution is 6.06. The Morgan fingerprint density at radius 2 is 1.79 bits per heavy atom. The van der Waals surface area contributed by atoms with E-state index in [1.807, 2.05) is 13.0 Å². The van der Waals surface area contributed by atoms with Crippen LogP contribution in [0.1, 0.15) is 24.8 Å². The fourth-order valence-corrected chi connectivity index (χ4v) is 4.55. The van der Waals surface area contributed by atoms with Crippen LogP contribution in [-0.2, 0) is 4.79 Å². The largest absolute Gasteiger partial charge is 0.369 e. The van der Waals surface area contributed by atoms with Gasteiger partial charge in [-0.05, 0) is 62.5 Å². The molecular weight excluding hydrogens is 354 g/mol. The minimum atomic E-state index is -0.321. The van der Waals surface area contributed by atoms with Crippen molar-refractivity contribution in [1.29, 1.82) is 0 Å². The van der Waals surface area contributed by atoms with Gasteiger partial charge in [-0.1, -0.05) is 0 Å². The molecule has 0 aromatic heterocycles. The van der Waals surface area contributed by atoms with Crippen molar-refractivity contribution in [3.63, 3.8) is 0 Å². The standard InChI is InChI=1S/C21H31N5O2/c1-16-14-18(2-3-19(16)26-9-6-20(27)23-21(26)28)25-12-10-24(11-13-25)15-17-4-7-22-8-5-17/h2-3,14,17,22H,4-13,15H2,1H3,(H,23,27,28). The van der Waals surface area contributed by atoms with Crippen molar-refractivity contribution >= 4 is 23.3 Å². The zero-order valence-electron chi connectivity index (χ0n) is 16.7. The maximum atomic E-state index is 12.1. The summed E-state index contributed by atoms with van der Waals surface area (Å²) >= 11 is 0. The smallest absolute Gasteiger partial charge is 0.328 e. The lowest BCUT2D eigenvalue weighted by molar-refractivity contribution is -0.120. The predicted octanol–water partition coefficient (Wildman–Crippen LogP) is 1.56. The number of hydrogen-bond acceptors (Lipinski definition) is 5. The van der Waals surface area contributed by atoms with Crippen molar-refractivity contribution in [3.8, 4) is 0 Å². The number of urea groups is 1. The van der Waals surface area contributed by atoms with Crippen LogP contribution in [0.3, 0.4) is 0 Å². The van der Waals surface area contributed by atoms with Gasteiger partial charge in [0.2, 0.25) is 5.91 Å². The van der Waals surface area contributed by atoms with E-state index in [9.17, 15) is 9.59 Å². The minimum absolute atomic E-state index is 0.196. The van der Waals surface area contributed by atoms with E-state index in [1.165, 1.54) is 38.2 Å². The molecule has 2 N–H and O–H groups in total. The maximum absolute atomic E-state index is 12.1. The normalized spacial score (nSPS) is 22.5. The van der Waals surface area contributed by atoms with Crippen LogP contribution in [0.2, 0.25) is 0 Å². The molecule has 3 aliphatic rings. The molecule has 0 atom stereocenters. The molecule has 3 amide bonds. The number of piperazine rings is 1. The second kappa shape index (κ2) is 8.49. The average molecular weight is 386 g/mol. The SMILES string of the molecule is Cc1cc(N2CCN(CC3CCNCC3)CC2)ccc1N1CCC(=O)NC1=O. The van der Waals surface area contributed by atoms with E-state index < -0.39 is 0 Å². The van der Waals surface area contributed by atoms with E-state index in [1.54, 1.807) is 4.90 Å². The molecule has 4 rings (SSSR count). The molecule has 0 spiro atoms. The summed E-state index contributed by atoms with van der Waals surface area (Å²) in [5, 5.41) is 5.85. The Bertz CT molecular complexity index is 724. The van der Waals surface area contributed by atoms with Gasteiger partial charge in [0.05, 0.1) is 0 Å². The molecule has 7 nitrogen and oxygen atoms in total. The average Bonchev–Trinajstić information content (AvgIpc) is 2.70. The molecule has 3 aliphatic heterocycles. The number of nitrogens with one attached hydrogen (secondary N) is 2. The summed E-state index contributed by atoms with van der Waals surface area (Å²) in [6.07, 6.45) is 2.96. The Balaban J connectivity index is 1.34. The monoisotopic (exact) mass is 385 g/mol. The highest BCUT2D eigenvalue weighted by Crippen LogP contribution is 2.28. The van der Waals surface area contributed by atoms with Gasteiger partial charge in [0, 0.05) is 57.1 Å². The molecule has 152 valence electrons. The summed E-state index contributed by atoms with van der Waals surface area (Å²) < 4.78 is 0. The fraction of sp³-hybridized carbons (Fsp3) is 0.619. The summed E-state index contributed by atoms with van der Waals surface area (Å²) in [4.78, 5) is 30.2. The summed E-state index contributed by atoms with van der Waals surface area (Å²) in [5.74, 6) is 0.648. The minimum Gasteiger partial charge on any atom is -0.369 e. The first-order valence-corrected chi connectivity index (χ1v) is 10.5. The molecule has 0 bridgehead atoms. The number of amides is 3. The van der Waals surface area contributed by atoms with Gasteiger partial charge in [-0.15, -0.1) is 0 Å². The van der Waals surface area contributed by atoms with Crippen molar-refractivity contribution in [2.45, 2.75) is 26.2 Å². The molecule has 3 heterocycles. The van der Waals surface area contributed by atoms with Crippen molar-refractivity contribution in [3.05, 3.63) is 23.8 Å². The first kappa shape index (κ1) is 19.2. The molecule has 3 saturated heterocycles. The van der Waals surface area contributed by atoms with Crippen molar-refractivity contribution in [2.75, 3.05) is 62.2 Å². The Hall–Kier alpha value is -2.12. The van der Waals surface area contributed by atoms with Crippen molar-refractivity contribution in [1.82, 2.24) is 15.5 Å². The Labute approximate surface area is 167 Å². The predicted molar refractivity (Wildman–Crippen MR) is 111 cm³/mol. The lowest BCUT2D eigenvalue weighted by Gasteiger charge is -2.38. The number of anilines is 2. The molecule has 7 heteroatoms. The van der Waals surface area contributed by atoms with Gasteiger partial charge in [-0.3, -0.25) is 19.9 Å². The third kappa shape index (κ3) is 4.31. The number of hydrogen-bond donors (Lipinski definition) is 2. The number of carbonyl (C=O) groups excluding carboxylic acids is 2. The summed E-state index contributed by atoms with van der Waals surface area (Å²) in [5.41, 5.74) is 3.17. The molecule has 1 aromatic rings. The number of imide groups is 1. The van der Waals surface area contributed by atoms with Crippen LogP contribution in [0.4, 0.5) is 16.2 Å². The van der Waals surface area contributed by atoms with E-state index in [-0.39, 0.29) is 11.9 Å². The number of rotatable bonds is 4. The van der Waals surface area contributed by atoms with E-state index in [4.69, 9.17) is 0 Å². The first-order chi connectivity index (χ1) is 13.6. The van der Waals surface area contributed by atoms with Gasteiger partial charge in [-0.25, -0.2) is 4.79 Å².